The molecule has 1 amide bonds. The summed E-state index contributed by atoms with van der Waals surface area (Å²) >= 11 is 5.89. The van der Waals surface area contributed by atoms with E-state index in [9.17, 15) is 4.79 Å². The zero-order valence-electron chi connectivity index (χ0n) is 13.4. The van der Waals surface area contributed by atoms with E-state index >= 15 is 0 Å². The van der Waals surface area contributed by atoms with Crippen molar-refractivity contribution in [3.05, 3.63) is 76.6 Å². The number of hydrogen-bond donors (Lipinski definition) is 1. The molecule has 6 heteroatoms. The van der Waals surface area contributed by atoms with Gasteiger partial charge in [-0.25, -0.2) is 4.68 Å². The molecule has 0 aliphatic heterocycles. The number of carbonyl (C=O) groups excluding carboxylic acids is 1. The molecule has 24 heavy (non-hydrogen) atoms. The SMILES string of the molecule is Cc1c(C(=O)NC(C)c2ccc(Cl)cc2)nnn1-c1ccccc1. The van der Waals surface area contributed by atoms with Gasteiger partial charge in [0.25, 0.3) is 5.91 Å². The Bertz CT molecular complexity index is 843. The molecule has 1 heterocycles. The molecule has 0 bridgehead atoms. The molecule has 2 aromatic carbocycles. The first kappa shape index (κ1) is 16.2. The van der Waals surface area contributed by atoms with Crippen molar-refractivity contribution in [3.8, 4) is 5.69 Å². The van der Waals surface area contributed by atoms with Crippen molar-refractivity contribution >= 4 is 17.5 Å². The van der Waals surface area contributed by atoms with E-state index in [1.807, 2.05) is 56.3 Å². The van der Waals surface area contributed by atoms with E-state index in [4.69, 9.17) is 11.6 Å². The van der Waals surface area contributed by atoms with E-state index in [0.29, 0.717) is 16.4 Å². The van der Waals surface area contributed by atoms with E-state index in [-0.39, 0.29) is 11.9 Å². The maximum Gasteiger partial charge on any atom is 0.274 e. The Labute approximate surface area is 145 Å². The van der Waals surface area contributed by atoms with Gasteiger partial charge in [-0.05, 0) is 43.7 Å². The summed E-state index contributed by atoms with van der Waals surface area (Å²) in [7, 11) is 0. The van der Waals surface area contributed by atoms with Crippen LogP contribution in [0.2, 0.25) is 5.02 Å². The third kappa shape index (κ3) is 3.31. The van der Waals surface area contributed by atoms with Gasteiger partial charge >= 0.3 is 0 Å². The summed E-state index contributed by atoms with van der Waals surface area (Å²) in [6.45, 7) is 3.74. The zero-order valence-corrected chi connectivity index (χ0v) is 14.2. The lowest BCUT2D eigenvalue weighted by Crippen LogP contribution is -2.27. The van der Waals surface area contributed by atoms with E-state index in [2.05, 4.69) is 15.6 Å². The topological polar surface area (TPSA) is 59.8 Å². The third-order valence-electron chi connectivity index (χ3n) is 3.83. The molecule has 5 nitrogen and oxygen atoms in total. The molecule has 3 aromatic rings. The van der Waals surface area contributed by atoms with Crippen molar-refractivity contribution in [3.63, 3.8) is 0 Å². The van der Waals surface area contributed by atoms with E-state index in [1.165, 1.54) is 0 Å². The lowest BCUT2D eigenvalue weighted by molar-refractivity contribution is 0.0934. The molecule has 0 fully saturated rings. The molecule has 0 spiro atoms. The van der Waals surface area contributed by atoms with Crippen LogP contribution in [0.15, 0.2) is 54.6 Å². The van der Waals surface area contributed by atoms with Crippen LogP contribution >= 0.6 is 11.6 Å². The van der Waals surface area contributed by atoms with Crippen molar-refractivity contribution in [2.24, 2.45) is 0 Å². The van der Waals surface area contributed by atoms with Gasteiger partial charge in [0.1, 0.15) is 0 Å². The van der Waals surface area contributed by atoms with Gasteiger partial charge in [-0.3, -0.25) is 4.79 Å². The van der Waals surface area contributed by atoms with Gasteiger partial charge in [0, 0.05) is 5.02 Å². The zero-order chi connectivity index (χ0) is 17.1. The van der Waals surface area contributed by atoms with Crippen LogP contribution in [-0.2, 0) is 0 Å². The first-order valence-electron chi connectivity index (χ1n) is 7.60. The van der Waals surface area contributed by atoms with Gasteiger partial charge in [0.2, 0.25) is 0 Å². The lowest BCUT2D eigenvalue weighted by Gasteiger charge is -2.13. The van der Waals surface area contributed by atoms with E-state index < -0.39 is 0 Å². The molecule has 1 N–H and O–H groups in total. The van der Waals surface area contributed by atoms with Gasteiger partial charge in [0.05, 0.1) is 17.4 Å². The lowest BCUT2D eigenvalue weighted by atomic mass is 10.1. The average molecular weight is 341 g/mol. The normalized spacial score (nSPS) is 12.0. The fourth-order valence-electron chi connectivity index (χ4n) is 2.45. The van der Waals surface area contributed by atoms with Crippen molar-refractivity contribution in [1.82, 2.24) is 20.3 Å². The van der Waals surface area contributed by atoms with Crippen LogP contribution in [0.1, 0.15) is 34.7 Å². The fourth-order valence-corrected chi connectivity index (χ4v) is 2.58. The number of rotatable bonds is 4. The van der Waals surface area contributed by atoms with Gasteiger partial charge in [-0.2, -0.15) is 0 Å². The van der Waals surface area contributed by atoms with Gasteiger partial charge in [0.15, 0.2) is 5.69 Å². The number of nitrogens with zero attached hydrogens (tertiary/aromatic N) is 3. The first-order chi connectivity index (χ1) is 11.6. The second-order valence-electron chi connectivity index (χ2n) is 5.52. The highest BCUT2D eigenvalue weighted by Gasteiger charge is 2.19. The molecule has 1 unspecified atom stereocenters. The number of para-hydroxylation sites is 1. The molecule has 0 saturated carbocycles. The standard InChI is InChI=1S/C18H17ClN4O/c1-12(14-8-10-15(19)11-9-14)20-18(24)17-13(2)23(22-21-17)16-6-4-3-5-7-16/h3-12H,1-2H3,(H,20,24). The van der Waals surface area contributed by atoms with Gasteiger partial charge in [-0.15, -0.1) is 5.10 Å². The Morgan fingerprint density at radius 3 is 2.46 bits per heavy atom. The summed E-state index contributed by atoms with van der Waals surface area (Å²) in [6.07, 6.45) is 0. The molecule has 3 rings (SSSR count). The van der Waals surface area contributed by atoms with Crippen LogP contribution in [-0.4, -0.2) is 20.9 Å². The average Bonchev–Trinajstić information content (AvgIpc) is 2.98. The number of hydrogen-bond acceptors (Lipinski definition) is 3. The van der Waals surface area contributed by atoms with Crippen molar-refractivity contribution in [1.29, 1.82) is 0 Å². The number of aromatic nitrogens is 3. The molecule has 0 saturated heterocycles. The Kier molecular flexibility index (Phi) is 4.62. The fraction of sp³-hybridized carbons (Fsp3) is 0.167. The molecule has 0 aliphatic rings. The van der Waals surface area contributed by atoms with Crippen molar-refractivity contribution in [2.45, 2.75) is 19.9 Å². The van der Waals surface area contributed by atoms with Crippen molar-refractivity contribution in [2.75, 3.05) is 0 Å². The minimum absolute atomic E-state index is 0.156. The molecular weight excluding hydrogens is 324 g/mol. The first-order valence-corrected chi connectivity index (χ1v) is 7.98. The summed E-state index contributed by atoms with van der Waals surface area (Å²) in [4.78, 5) is 12.5. The van der Waals surface area contributed by atoms with Crippen LogP contribution in [0.5, 0.6) is 0 Å². The highest BCUT2D eigenvalue weighted by atomic mass is 35.5. The van der Waals surface area contributed by atoms with E-state index in [1.54, 1.807) is 16.8 Å². The van der Waals surface area contributed by atoms with Crippen LogP contribution in [0.25, 0.3) is 5.69 Å². The number of nitrogens with one attached hydrogen (secondary N) is 1. The highest BCUT2D eigenvalue weighted by molar-refractivity contribution is 6.30. The van der Waals surface area contributed by atoms with Crippen LogP contribution < -0.4 is 5.32 Å². The molecule has 1 aromatic heterocycles. The number of amides is 1. The van der Waals surface area contributed by atoms with Crippen LogP contribution in [0, 0.1) is 6.92 Å². The maximum atomic E-state index is 12.5. The summed E-state index contributed by atoms with van der Waals surface area (Å²) in [5, 5.41) is 11.7. The minimum Gasteiger partial charge on any atom is -0.344 e. The Morgan fingerprint density at radius 2 is 1.79 bits per heavy atom. The molecule has 0 aliphatic carbocycles. The third-order valence-corrected chi connectivity index (χ3v) is 4.08. The molecule has 1 atom stereocenters. The largest absolute Gasteiger partial charge is 0.344 e. The van der Waals surface area contributed by atoms with E-state index in [0.717, 1.165) is 11.3 Å². The van der Waals surface area contributed by atoms with Crippen molar-refractivity contribution < 1.29 is 4.79 Å². The Morgan fingerprint density at radius 1 is 1.12 bits per heavy atom. The smallest absolute Gasteiger partial charge is 0.274 e. The predicted molar refractivity (Wildman–Crippen MR) is 93.4 cm³/mol. The Hall–Kier alpha value is -2.66. The van der Waals surface area contributed by atoms with Crippen LogP contribution in [0.3, 0.4) is 0 Å². The maximum absolute atomic E-state index is 12.5. The monoisotopic (exact) mass is 340 g/mol. The summed E-state index contributed by atoms with van der Waals surface area (Å²) in [5.41, 5.74) is 2.86. The predicted octanol–water partition coefficient (Wildman–Crippen LogP) is 3.72. The number of benzene rings is 2. The molecule has 122 valence electrons. The second kappa shape index (κ2) is 6.84. The number of halogens is 1. The quantitative estimate of drug-likeness (QED) is 0.787. The van der Waals surface area contributed by atoms with Crippen LogP contribution in [0.4, 0.5) is 0 Å². The molecular formula is C18H17ClN4O. The summed E-state index contributed by atoms with van der Waals surface area (Å²) in [5.74, 6) is -0.253. The summed E-state index contributed by atoms with van der Waals surface area (Å²) < 4.78 is 1.65. The van der Waals surface area contributed by atoms with Gasteiger partial charge < -0.3 is 5.32 Å². The summed E-state index contributed by atoms with van der Waals surface area (Å²) in [6, 6.07) is 16.8. The highest BCUT2D eigenvalue weighted by Crippen LogP contribution is 2.17. The Balaban J connectivity index is 1.78. The number of carbonyl (C=O) groups is 1. The second-order valence-corrected chi connectivity index (χ2v) is 5.95. The molecule has 0 radical (unpaired) electrons. The van der Waals surface area contributed by atoms with Gasteiger partial charge in [-0.1, -0.05) is 47.1 Å². The minimum atomic E-state index is -0.253.